The largest absolute Gasteiger partial charge is 0.390 e. The van der Waals surface area contributed by atoms with E-state index in [9.17, 15) is 5.11 Å². The van der Waals surface area contributed by atoms with Crippen molar-refractivity contribution >= 4 is 0 Å². The lowest BCUT2D eigenvalue weighted by molar-refractivity contribution is -0.130. The van der Waals surface area contributed by atoms with Crippen LogP contribution in [-0.4, -0.2) is 23.9 Å². The number of methoxy groups -OCH3 is 1. The fraction of sp³-hybridized carbons (Fsp3) is 1.00. The molecule has 2 heteroatoms. The summed E-state index contributed by atoms with van der Waals surface area (Å²) in [5.74, 6) is 0.540. The zero-order valence-corrected chi connectivity index (χ0v) is 8.46. The van der Waals surface area contributed by atoms with Crippen molar-refractivity contribution in [1.82, 2.24) is 0 Å². The Balaban J connectivity index is 2.02. The van der Waals surface area contributed by atoms with Crippen LogP contribution in [0.25, 0.3) is 0 Å². The lowest BCUT2D eigenvalue weighted by Gasteiger charge is -2.40. The molecule has 1 unspecified atom stereocenters. The van der Waals surface area contributed by atoms with Crippen molar-refractivity contribution in [3.8, 4) is 0 Å². The molecule has 0 aromatic carbocycles. The quantitative estimate of drug-likeness (QED) is 0.728. The van der Waals surface area contributed by atoms with Gasteiger partial charge >= 0.3 is 0 Å². The molecular weight excluding hydrogens is 164 g/mol. The summed E-state index contributed by atoms with van der Waals surface area (Å²) in [4.78, 5) is 0. The molecule has 13 heavy (non-hydrogen) atoms. The van der Waals surface area contributed by atoms with Crippen molar-refractivity contribution < 1.29 is 9.84 Å². The van der Waals surface area contributed by atoms with Crippen LogP contribution in [0.15, 0.2) is 0 Å². The summed E-state index contributed by atoms with van der Waals surface area (Å²) < 4.78 is 5.59. The predicted octanol–water partition coefficient (Wildman–Crippen LogP) is 2.11. The fourth-order valence-corrected chi connectivity index (χ4v) is 2.61. The summed E-state index contributed by atoms with van der Waals surface area (Å²) in [5.41, 5.74) is -0.181. The Labute approximate surface area is 80.3 Å². The second kappa shape index (κ2) is 3.58. The molecule has 2 aliphatic carbocycles. The fourth-order valence-electron chi connectivity index (χ4n) is 2.61. The molecule has 1 N–H and O–H groups in total. The molecule has 0 radical (unpaired) electrons. The van der Waals surface area contributed by atoms with Gasteiger partial charge in [0, 0.05) is 7.11 Å². The van der Waals surface area contributed by atoms with Crippen molar-refractivity contribution in [3.63, 3.8) is 0 Å². The summed E-state index contributed by atoms with van der Waals surface area (Å²) in [7, 11) is 1.76. The maximum absolute atomic E-state index is 10.1. The van der Waals surface area contributed by atoms with Gasteiger partial charge in [0.2, 0.25) is 0 Å². The van der Waals surface area contributed by atoms with Crippen LogP contribution in [0.3, 0.4) is 0 Å². The van der Waals surface area contributed by atoms with Crippen molar-refractivity contribution in [1.29, 1.82) is 0 Å². The predicted molar refractivity (Wildman–Crippen MR) is 51.6 cm³/mol. The average Bonchev–Trinajstić information content (AvgIpc) is 3.01. The number of hydrogen-bond acceptors (Lipinski definition) is 2. The first-order chi connectivity index (χ1) is 6.28. The van der Waals surface area contributed by atoms with E-state index in [4.69, 9.17) is 4.74 Å². The first-order valence-electron chi connectivity index (χ1n) is 5.52. The van der Waals surface area contributed by atoms with Gasteiger partial charge in [-0.15, -0.1) is 0 Å². The number of rotatable bonds is 3. The highest BCUT2D eigenvalue weighted by molar-refractivity contribution is 4.98. The van der Waals surface area contributed by atoms with Crippen LogP contribution < -0.4 is 0 Å². The van der Waals surface area contributed by atoms with Crippen LogP contribution in [0, 0.1) is 5.92 Å². The average molecular weight is 184 g/mol. The molecule has 0 heterocycles. The maximum Gasteiger partial charge on any atom is 0.0939 e. The van der Waals surface area contributed by atoms with Crippen LogP contribution in [-0.2, 0) is 4.74 Å². The normalized spacial score (nSPS) is 30.0. The standard InChI is InChI=1S/C11H20O2/c1-13-11(7-3-2-4-8-11)10(12)9-5-6-9/h9-10,12H,2-8H2,1H3. The van der Waals surface area contributed by atoms with Crippen molar-refractivity contribution in [2.45, 2.75) is 56.7 Å². The molecule has 2 aliphatic rings. The smallest absolute Gasteiger partial charge is 0.0939 e. The van der Waals surface area contributed by atoms with E-state index in [1.165, 1.54) is 32.1 Å². The molecule has 0 bridgehead atoms. The number of ether oxygens (including phenoxy) is 1. The molecule has 0 saturated heterocycles. The zero-order valence-electron chi connectivity index (χ0n) is 8.46. The van der Waals surface area contributed by atoms with Gasteiger partial charge in [-0.1, -0.05) is 19.3 Å². The molecule has 2 rings (SSSR count). The van der Waals surface area contributed by atoms with Gasteiger partial charge in [-0.3, -0.25) is 0 Å². The van der Waals surface area contributed by atoms with Crippen LogP contribution in [0.2, 0.25) is 0 Å². The Morgan fingerprint density at radius 1 is 1.23 bits per heavy atom. The number of aliphatic hydroxyl groups excluding tert-OH is 1. The van der Waals surface area contributed by atoms with E-state index in [2.05, 4.69) is 0 Å². The molecule has 2 fully saturated rings. The monoisotopic (exact) mass is 184 g/mol. The minimum absolute atomic E-state index is 0.181. The summed E-state index contributed by atoms with van der Waals surface area (Å²) >= 11 is 0. The van der Waals surface area contributed by atoms with Gasteiger partial charge in [0.05, 0.1) is 11.7 Å². The Morgan fingerprint density at radius 3 is 2.31 bits per heavy atom. The highest BCUT2D eigenvalue weighted by Gasteiger charge is 2.46. The van der Waals surface area contributed by atoms with E-state index in [-0.39, 0.29) is 11.7 Å². The lowest BCUT2D eigenvalue weighted by Crippen LogP contribution is -2.46. The van der Waals surface area contributed by atoms with Gasteiger partial charge < -0.3 is 9.84 Å². The van der Waals surface area contributed by atoms with Gasteiger partial charge in [-0.2, -0.15) is 0 Å². The topological polar surface area (TPSA) is 29.5 Å². The number of aliphatic hydroxyl groups is 1. The number of hydrogen-bond donors (Lipinski definition) is 1. The van der Waals surface area contributed by atoms with Gasteiger partial charge in [0.25, 0.3) is 0 Å². The van der Waals surface area contributed by atoms with Crippen LogP contribution in [0.1, 0.15) is 44.9 Å². The highest BCUT2D eigenvalue weighted by Crippen LogP contribution is 2.44. The third kappa shape index (κ3) is 1.75. The zero-order chi connectivity index (χ0) is 9.31. The van der Waals surface area contributed by atoms with E-state index in [1.807, 2.05) is 0 Å². The second-order valence-electron chi connectivity index (χ2n) is 4.61. The van der Waals surface area contributed by atoms with Gasteiger partial charge in [0.1, 0.15) is 0 Å². The molecule has 0 amide bonds. The molecule has 0 spiro atoms. The van der Waals surface area contributed by atoms with Crippen molar-refractivity contribution in [2.75, 3.05) is 7.11 Å². The van der Waals surface area contributed by atoms with Gasteiger partial charge in [-0.25, -0.2) is 0 Å². The van der Waals surface area contributed by atoms with Gasteiger partial charge in [0.15, 0.2) is 0 Å². The van der Waals surface area contributed by atoms with Crippen molar-refractivity contribution in [3.05, 3.63) is 0 Å². The minimum atomic E-state index is -0.196. The van der Waals surface area contributed by atoms with Crippen molar-refractivity contribution in [2.24, 2.45) is 5.92 Å². The van der Waals surface area contributed by atoms with Gasteiger partial charge in [-0.05, 0) is 31.6 Å². The first kappa shape index (κ1) is 9.47. The van der Waals surface area contributed by atoms with E-state index in [0.717, 1.165) is 12.8 Å². The summed E-state index contributed by atoms with van der Waals surface area (Å²) in [5, 5.41) is 10.1. The van der Waals surface area contributed by atoms with Crippen LogP contribution >= 0.6 is 0 Å². The second-order valence-corrected chi connectivity index (χ2v) is 4.61. The van der Waals surface area contributed by atoms with E-state index >= 15 is 0 Å². The highest BCUT2D eigenvalue weighted by atomic mass is 16.5. The first-order valence-corrected chi connectivity index (χ1v) is 5.52. The molecule has 76 valence electrons. The molecule has 0 aliphatic heterocycles. The molecular formula is C11H20O2. The minimum Gasteiger partial charge on any atom is -0.390 e. The van der Waals surface area contributed by atoms with E-state index in [1.54, 1.807) is 7.11 Å². The van der Waals surface area contributed by atoms with E-state index in [0.29, 0.717) is 5.92 Å². The molecule has 2 saturated carbocycles. The lowest BCUT2D eigenvalue weighted by atomic mass is 9.79. The summed E-state index contributed by atoms with van der Waals surface area (Å²) in [6, 6.07) is 0. The third-order valence-corrected chi connectivity index (χ3v) is 3.71. The van der Waals surface area contributed by atoms with Crippen LogP contribution in [0.5, 0.6) is 0 Å². The Kier molecular flexibility index (Phi) is 2.61. The molecule has 1 atom stereocenters. The Bertz CT molecular complexity index is 169. The molecule has 0 aromatic heterocycles. The Hall–Kier alpha value is -0.0800. The SMILES string of the molecule is COC1(C(O)C2CC2)CCCCC1. The van der Waals surface area contributed by atoms with Crippen LogP contribution in [0.4, 0.5) is 0 Å². The third-order valence-electron chi connectivity index (χ3n) is 3.71. The maximum atomic E-state index is 10.1. The molecule has 0 aromatic rings. The van der Waals surface area contributed by atoms with E-state index < -0.39 is 0 Å². The summed E-state index contributed by atoms with van der Waals surface area (Å²) in [6.45, 7) is 0. The summed E-state index contributed by atoms with van der Waals surface area (Å²) in [6.07, 6.45) is 8.07. The Morgan fingerprint density at radius 2 is 1.85 bits per heavy atom. The molecule has 2 nitrogen and oxygen atoms in total.